The molecule has 2 rings (SSSR count). The fraction of sp³-hybridized carbons (Fsp3) is 0.333. The summed E-state index contributed by atoms with van der Waals surface area (Å²) in [4.78, 5) is 9.73. The lowest BCUT2D eigenvalue weighted by Crippen LogP contribution is -2.12. The van der Waals surface area contributed by atoms with E-state index in [1.807, 2.05) is 0 Å². The van der Waals surface area contributed by atoms with Gasteiger partial charge in [-0.2, -0.15) is 8.78 Å². The molecule has 8 heteroatoms. The van der Waals surface area contributed by atoms with Gasteiger partial charge in [-0.25, -0.2) is 9.97 Å². The summed E-state index contributed by atoms with van der Waals surface area (Å²) in [6, 6.07) is 0. The van der Waals surface area contributed by atoms with Gasteiger partial charge >= 0.3 is 6.43 Å². The first-order valence-corrected chi connectivity index (χ1v) is 4.69. The topological polar surface area (TPSA) is 67.9 Å². The number of nitrogens with zero attached hydrogens (tertiary/aromatic N) is 5. The smallest absolute Gasteiger partial charge is 0.314 e. The third-order valence-electron chi connectivity index (χ3n) is 1.91. The van der Waals surface area contributed by atoms with Crippen LogP contribution in [0.25, 0.3) is 11.5 Å². The van der Waals surface area contributed by atoms with Crippen LogP contribution in [-0.2, 0) is 0 Å². The van der Waals surface area contributed by atoms with Gasteiger partial charge in [0, 0.05) is 26.5 Å². The maximum Gasteiger partial charge on any atom is 0.314 e. The van der Waals surface area contributed by atoms with Crippen molar-refractivity contribution in [2.45, 2.75) is 6.43 Å². The second-order valence-corrected chi connectivity index (χ2v) is 3.41. The third-order valence-corrected chi connectivity index (χ3v) is 1.91. The van der Waals surface area contributed by atoms with Crippen LogP contribution in [0.4, 0.5) is 14.7 Å². The van der Waals surface area contributed by atoms with Crippen molar-refractivity contribution in [2.24, 2.45) is 0 Å². The van der Waals surface area contributed by atoms with Gasteiger partial charge in [-0.05, 0) is 0 Å². The molecule has 2 heterocycles. The van der Waals surface area contributed by atoms with E-state index in [2.05, 4.69) is 20.2 Å². The molecule has 0 radical (unpaired) electrons. The lowest BCUT2D eigenvalue weighted by atomic mass is 10.3. The highest BCUT2D eigenvalue weighted by atomic mass is 19.3. The van der Waals surface area contributed by atoms with E-state index in [0.29, 0.717) is 11.5 Å². The fourth-order valence-electron chi connectivity index (χ4n) is 1.10. The van der Waals surface area contributed by atoms with E-state index in [4.69, 9.17) is 4.42 Å². The van der Waals surface area contributed by atoms with E-state index >= 15 is 0 Å². The molecule has 0 bridgehead atoms. The molecule has 90 valence electrons. The summed E-state index contributed by atoms with van der Waals surface area (Å²) in [6.45, 7) is 0. The minimum atomic E-state index is -2.78. The Balaban J connectivity index is 2.27. The van der Waals surface area contributed by atoms with Gasteiger partial charge in [0.25, 0.3) is 11.8 Å². The molecule has 0 saturated carbocycles. The molecule has 17 heavy (non-hydrogen) atoms. The fourth-order valence-corrected chi connectivity index (χ4v) is 1.10. The van der Waals surface area contributed by atoms with Crippen molar-refractivity contribution >= 4 is 5.95 Å². The molecule has 0 aliphatic heterocycles. The summed E-state index contributed by atoms with van der Waals surface area (Å²) in [6.07, 6.45) is 0.0918. The predicted molar refractivity (Wildman–Crippen MR) is 54.6 cm³/mol. The molecule has 0 unspecified atom stereocenters. The second kappa shape index (κ2) is 4.40. The number of halogens is 2. The average molecular weight is 241 g/mol. The standard InChI is InChI=1S/C9H9F2N5O/c1-16(2)9-12-3-5(4-13-9)7-14-15-8(17-7)6(10)11/h3-4,6H,1-2H3. The molecule has 2 aromatic rings. The number of anilines is 1. The van der Waals surface area contributed by atoms with Crippen LogP contribution >= 0.6 is 0 Å². The maximum atomic E-state index is 12.2. The lowest BCUT2D eigenvalue weighted by molar-refractivity contribution is 0.116. The Kier molecular flexibility index (Phi) is 2.94. The Morgan fingerprint density at radius 3 is 2.29 bits per heavy atom. The summed E-state index contributed by atoms with van der Waals surface area (Å²) < 4.78 is 29.2. The van der Waals surface area contributed by atoms with Gasteiger partial charge in [0.2, 0.25) is 5.95 Å². The van der Waals surface area contributed by atoms with Crippen molar-refractivity contribution in [1.29, 1.82) is 0 Å². The van der Waals surface area contributed by atoms with Gasteiger partial charge in [0.1, 0.15) is 0 Å². The quantitative estimate of drug-likeness (QED) is 0.811. The van der Waals surface area contributed by atoms with Gasteiger partial charge in [-0.3, -0.25) is 0 Å². The van der Waals surface area contributed by atoms with Crippen molar-refractivity contribution < 1.29 is 13.2 Å². The number of hydrogen-bond acceptors (Lipinski definition) is 6. The molecule has 0 spiro atoms. The number of rotatable bonds is 3. The molecule has 0 saturated heterocycles. The average Bonchev–Trinajstić information content (AvgIpc) is 2.78. The van der Waals surface area contributed by atoms with Crippen LogP contribution in [0, 0.1) is 0 Å². The Hall–Kier alpha value is -2.12. The summed E-state index contributed by atoms with van der Waals surface area (Å²) >= 11 is 0. The summed E-state index contributed by atoms with van der Waals surface area (Å²) in [7, 11) is 3.58. The highest BCUT2D eigenvalue weighted by Crippen LogP contribution is 2.22. The highest BCUT2D eigenvalue weighted by molar-refractivity contribution is 5.50. The van der Waals surface area contributed by atoms with Crippen LogP contribution in [-0.4, -0.2) is 34.3 Å². The third kappa shape index (κ3) is 2.35. The van der Waals surface area contributed by atoms with Crippen molar-refractivity contribution in [3.63, 3.8) is 0 Å². The van der Waals surface area contributed by atoms with Crippen LogP contribution in [0.3, 0.4) is 0 Å². The molecule has 0 N–H and O–H groups in total. The molecule has 0 amide bonds. The first-order chi connectivity index (χ1) is 8.08. The molecule has 0 fully saturated rings. The van der Waals surface area contributed by atoms with E-state index in [1.54, 1.807) is 19.0 Å². The minimum absolute atomic E-state index is 0.0226. The van der Waals surface area contributed by atoms with Crippen molar-refractivity contribution in [3.05, 3.63) is 18.3 Å². The Morgan fingerprint density at radius 2 is 1.82 bits per heavy atom. The molecule has 0 aromatic carbocycles. The predicted octanol–water partition coefficient (Wildman–Crippen LogP) is 1.53. The van der Waals surface area contributed by atoms with Crippen molar-refractivity contribution in [3.8, 4) is 11.5 Å². The van der Waals surface area contributed by atoms with Gasteiger partial charge in [-0.15, -0.1) is 10.2 Å². The zero-order chi connectivity index (χ0) is 12.4. The largest absolute Gasteiger partial charge is 0.415 e. The van der Waals surface area contributed by atoms with E-state index in [-0.39, 0.29) is 5.89 Å². The molecule has 0 atom stereocenters. The van der Waals surface area contributed by atoms with E-state index in [0.717, 1.165) is 0 Å². The van der Waals surface area contributed by atoms with E-state index in [1.165, 1.54) is 12.4 Å². The first-order valence-electron chi connectivity index (χ1n) is 4.69. The molecule has 0 aliphatic carbocycles. The first kappa shape index (κ1) is 11.4. The zero-order valence-corrected chi connectivity index (χ0v) is 9.13. The minimum Gasteiger partial charge on any atom is -0.415 e. The van der Waals surface area contributed by atoms with Crippen LogP contribution in [0.1, 0.15) is 12.3 Å². The molecule has 0 aliphatic rings. The zero-order valence-electron chi connectivity index (χ0n) is 9.13. The number of hydrogen-bond donors (Lipinski definition) is 0. The number of aromatic nitrogens is 4. The molecular weight excluding hydrogens is 232 g/mol. The monoisotopic (exact) mass is 241 g/mol. The van der Waals surface area contributed by atoms with E-state index in [9.17, 15) is 8.78 Å². The van der Waals surface area contributed by atoms with Gasteiger partial charge in [0.15, 0.2) is 0 Å². The van der Waals surface area contributed by atoms with Crippen LogP contribution in [0.2, 0.25) is 0 Å². The summed E-state index contributed by atoms with van der Waals surface area (Å²) in [5.41, 5.74) is 0.398. The van der Waals surface area contributed by atoms with Crippen molar-refractivity contribution in [1.82, 2.24) is 20.2 Å². The molecule has 2 aromatic heterocycles. The Morgan fingerprint density at radius 1 is 1.18 bits per heavy atom. The highest BCUT2D eigenvalue weighted by Gasteiger charge is 2.17. The van der Waals surface area contributed by atoms with Crippen LogP contribution < -0.4 is 4.90 Å². The van der Waals surface area contributed by atoms with Gasteiger partial charge < -0.3 is 9.32 Å². The normalized spacial score (nSPS) is 10.9. The SMILES string of the molecule is CN(C)c1ncc(-c2nnc(C(F)F)o2)cn1. The van der Waals surface area contributed by atoms with Crippen LogP contribution in [0.5, 0.6) is 0 Å². The second-order valence-electron chi connectivity index (χ2n) is 3.41. The summed E-state index contributed by atoms with van der Waals surface area (Å²) in [5, 5.41) is 6.71. The lowest BCUT2D eigenvalue weighted by Gasteiger charge is -2.08. The Bertz CT molecular complexity index is 496. The van der Waals surface area contributed by atoms with Crippen molar-refractivity contribution in [2.75, 3.05) is 19.0 Å². The maximum absolute atomic E-state index is 12.2. The number of alkyl halides is 2. The van der Waals surface area contributed by atoms with Crippen LogP contribution in [0.15, 0.2) is 16.8 Å². The van der Waals surface area contributed by atoms with Gasteiger partial charge in [-0.1, -0.05) is 0 Å². The molecular formula is C9H9F2N5O. The van der Waals surface area contributed by atoms with Gasteiger partial charge in [0.05, 0.1) is 5.56 Å². The Labute approximate surface area is 95.3 Å². The summed E-state index contributed by atoms with van der Waals surface area (Å²) in [5.74, 6) is -0.232. The molecule has 6 nitrogen and oxygen atoms in total. The van der Waals surface area contributed by atoms with E-state index < -0.39 is 12.3 Å².